The zero-order valence-electron chi connectivity index (χ0n) is 20.3. The van der Waals surface area contributed by atoms with Gasteiger partial charge in [-0.3, -0.25) is 0 Å². The minimum atomic E-state index is 0.276. The van der Waals surface area contributed by atoms with E-state index in [-0.39, 0.29) is 6.10 Å². The summed E-state index contributed by atoms with van der Waals surface area (Å²) < 4.78 is 6.19. The molecule has 9 heteroatoms. The molecule has 1 fully saturated rings. The van der Waals surface area contributed by atoms with E-state index in [0.717, 1.165) is 43.0 Å². The first-order chi connectivity index (χ1) is 15.9. The molecule has 1 unspecified atom stereocenters. The Kier molecular flexibility index (Phi) is 8.82. The predicted octanol–water partition coefficient (Wildman–Crippen LogP) is 3.42. The smallest absolute Gasteiger partial charge is 0.226 e. The fraction of sp³-hybridized carbons (Fsp3) is 0.583. The number of ether oxygens (including phenoxy) is 1. The van der Waals surface area contributed by atoms with Gasteiger partial charge in [-0.25, -0.2) is 20.8 Å². The lowest BCUT2D eigenvalue weighted by Gasteiger charge is -2.24. The number of nitrogens with zero attached hydrogens (tertiary/aromatic N) is 5. The summed E-state index contributed by atoms with van der Waals surface area (Å²) in [4.78, 5) is 17.7. The lowest BCUT2D eigenvalue weighted by atomic mass is 9.98. The van der Waals surface area contributed by atoms with Crippen LogP contribution in [0.5, 0.6) is 5.75 Å². The fourth-order valence-electron chi connectivity index (χ4n) is 3.88. The monoisotopic (exact) mass is 454 g/mol. The molecule has 2 heterocycles. The normalized spacial score (nSPS) is 16.2. The first-order valence-corrected chi connectivity index (χ1v) is 11.9. The molecule has 1 saturated carbocycles. The summed E-state index contributed by atoms with van der Waals surface area (Å²) in [5, 5.41) is 4.71. The maximum absolute atomic E-state index is 6.48. The van der Waals surface area contributed by atoms with Crippen molar-refractivity contribution in [2.75, 3.05) is 18.9 Å². The molecular formula is C24H38N8O. The highest BCUT2D eigenvalue weighted by Crippen LogP contribution is 2.26. The second-order valence-electron chi connectivity index (χ2n) is 8.93. The highest BCUT2D eigenvalue weighted by molar-refractivity contribution is 5.64. The number of aromatic nitrogens is 4. The second-order valence-corrected chi connectivity index (χ2v) is 8.93. The molecule has 0 amide bonds. The molecule has 0 saturated heterocycles. The van der Waals surface area contributed by atoms with Crippen molar-refractivity contribution in [2.24, 2.45) is 17.5 Å². The Balaban J connectivity index is 1.72. The number of nitrogens with one attached hydrogen (secondary N) is 1. The largest absolute Gasteiger partial charge is 0.489 e. The van der Waals surface area contributed by atoms with Crippen molar-refractivity contribution in [3.05, 3.63) is 41.4 Å². The van der Waals surface area contributed by atoms with Gasteiger partial charge in [0.1, 0.15) is 17.9 Å². The van der Waals surface area contributed by atoms with Gasteiger partial charge in [-0.05, 0) is 50.7 Å². The minimum Gasteiger partial charge on any atom is -0.489 e. The number of aryl methyl sites for hydroxylation is 1. The molecule has 180 valence electrons. The zero-order chi connectivity index (χ0) is 23.8. The standard InChI is InChI=1S/C24H38N8O/c1-5-16(2)13-22-28-15-29-24(31-22)27-14-20(32(4)26)23(25)19-11-12-21(17(3)30-19)33-18-9-7-6-8-10-18/h11-12,15-16,18H,5-10,13-14,25-26H2,1-4H3,(H,27,28,29,31)/b23-20-. The van der Waals surface area contributed by atoms with Crippen LogP contribution in [0.2, 0.25) is 0 Å². The van der Waals surface area contributed by atoms with Crippen LogP contribution in [0.1, 0.15) is 69.6 Å². The molecular weight excluding hydrogens is 416 g/mol. The van der Waals surface area contributed by atoms with Gasteiger partial charge in [-0.1, -0.05) is 26.7 Å². The number of pyridine rings is 1. The van der Waals surface area contributed by atoms with E-state index in [2.05, 4.69) is 34.1 Å². The van der Waals surface area contributed by atoms with E-state index in [1.165, 1.54) is 30.6 Å². The van der Waals surface area contributed by atoms with Gasteiger partial charge in [0.05, 0.1) is 35.4 Å². The van der Waals surface area contributed by atoms with Crippen LogP contribution in [-0.4, -0.2) is 44.6 Å². The van der Waals surface area contributed by atoms with Gasteiger partial charge in [0.15, 0.2) is 0 Å². The number of likely N-dealkylation sites (N-methyl/N-ethyl adjacent to an activating group) is 1. The number of anilines is 1. The van der Waals surface area contributed by atoms with Crippen molar-refractivity contribution in [3.8, 4) is 5.75 Å². The van der Waals surface area contributed by atoms with Crippen LogP contribution in [0.4, 0.5) is 5.95 Å². The van der Waals surface area contributed by atoms with E-state index in [0.29, 0.717) is 35.5 Å². The van der Waals surface area contributed by atoms with Crippen molar-refractivity contribution >= 4 is 11.6 Å². The van der Waals surface area contributed by atoms with E-state index in [4.69, 9.17) is 21.3 Å². The van der Waals surface area contributed by atoms with E-state index in [1.807, 2.05) is 19.1 Å². The minimum absolute atomic E-state index is 0.276. The maximum atomic E-state index is 6.48. The van der Waals surface area contributed by atoms with Gasteiger partial charge < -0.3 is 20.8 Å². The van der Waals surface area contributed by atoms with Crippen LogP contribution < -0.4 is 21.6 Å². The zero-order valence-corrected chi connectivity index (χ0v) is 20.3. The highest BCUT2D eigenvalue weighted by atomic mass is 16.5. The Hall–Kier alpha value is -2.94. The Labute approximate surface area is 197 Å². The van der Waals surface area contributed by atoms with Crippen LogP contribution >= 0.6 is 0 Å². The number of hydrazine groups is 1. The van der Waals surface area contributed by atoms with Crippen LogP contribution in [0.25, 0.3) is 5.70 Å². The number of rotatable bonds is 10. The molecule has 0 bridgehead atoms. The lowest BCUT2D eigenvalue weighted by molar-refractivity contribution is 0.153. The molecule has 1 aliphatic carbocycles. The van der Waals surface area contributed by atoms with Crippen LogP contribution in [0.15, 0.2) is 24.2 Å². The molecule has 2 aromatic heterocycles. The lowest BCUT2D eigenvalue weighted by Crippen LogP contribution is -2.32. The molecule has 3 rings (SSSR count). The van der Waals surface area contributed by atoms with Crippen LogP contribution in [-0.2, 0) is 6.42 Å². The summed E-state index contributed by atoms with van der Waals surface area (Å²) in [6.45, 7) is 6.64. The topological polar surface area (TPSA) is 128 Å². The summed E-state index contributed by atoms with van der Waals surface area (Å²) in [6.07, 6.45) is 9.65. The maximum Gasteiger partial charge on any atom is 0.226 e. The van der Waals surface area contributed by atoms with E-state index >= 15 is 0 Å². The Morgan fingerprint density at radius 1 is 1.21 bits per heavy atom. The van der Waals surface area contributed by atoms with Crippen LogP contribution in [0, 0.1) is 12.8 Å². The molecule has 1 aliphatic rings. The molecule has 33 heavy (non-hydrogen) atoms. The average molecular weight is 455 g/mol. The highest BCUT2D eigenvalue weighted by Gasteiger charge is 2.17. The van der Waals surface area contributed by atoms with E-state index in [9.17, 15) is 0 Å². The van der Waals surface area contributed by atoms with Crippen molar-refractivity contribution in [1.29, 1.82) is 0 Å². The van der Waals surface area contributed by atoms with E-state index in [1.54, 1.807) is 7.05 Å². The number of hydrogen-bond acceptors (Lipinski definition) is 9. The summed E-state index contributed by atoms with van der Waals surface area (Å²) in [6, 6.07) is 3.84. The Bertz CT molecular complexity index is 940. The third-order valence-corrected chi connectivity index (χ3v) is 6.16. The first kappa shape index (κ1) is 24.7. The van der Waals surface area contributed by atoms with Gasteiger partial charge in [0.25, 0.3) is 0 Å². The van der Waals surface area contributed by atoms with Gasteiger partial charge in [-0.2, -0.15) is 4.98 Å². The van der Waals surface area contributed by atoms with Crippen molar-refractivity contribution < 1.29 is 4.74 Å². The number of hydrogen-bond donors (Lipinski definition) is 3. The molecule has 5 N–H and O–H groups in total. The van der Waals surface area contributed by atoms with E-state index < -0.39 is 0 Å². The van der Waals surface area contributed by atoms with Gasteiger partial charge >= 0.3 is 0 Å². The quantitative estimate of drug-likeness (QED) is 0.365. The third-order valence-electron chi connectivity index (χ3n) is 6.16. The van der Waals surface area contributed by atoms with Gasteiger partial charge in [0, 0.05) is 13.5 Å². The van der Waals surface area contributed by atoms with Crippen molar-refractivity contribution in [2.45, 2.75) is 71.8 Å². The van der Waals surface area contributed by atoms with Crippen LogP contribution in [0.3, 0.4) is 0 Å². The third kappa shape index (κ3) is 7.02. The SMILES string of the molecule is CCC(C)Cc1ncnc(NC/C(=C(/N)c2ccc(OC3CCCCC3)c(C)n2)N(C)N)n1. The second kappa shape index (κ2) is 11.8. The summed E-state index contributed by atoms with van der Waals surface area (Å²) in [7, 11) is 1.75. The molecule has 1 atom stereocenters. The summed E-state index contributed by atoms with van der Waals surface area (Å²) in [5.74, 6) is 8.69. The molecule has 0 aliphatic heterocycles. The molecule has 2 aromatic rings. The number of nitrogens with two attached hydrogens (primary N) is 2. The first-order valence-electron chi connectivity index (χ1n) is 11.9. The average Bonchev–Trinajstić information content (AvgIpc) is 2.81. The Morgan fingerprint density at radius 3 is 2.64 bits per heavy atom. The Morgan fingerprint density at radius 2 is 1.97 bits per heavy atom. The summed E-state index contributed by atoms with van der Waals surface area (Å²) in [5.41, 5.74) is 9.14. The van der Waals surface area contributed by atoms with Crippen molar-refractivity contribution in [1.82, 2.24) is 24.9 Å². The molecule has 9 nitrogen and oxygen atoms in total. The van der Waals surface area contributed by atoms with Crippen molar-refractivity contribution in [3.63, 3.8) is 0 Å². The predicted molar refractivity (Wildman–Crippen MR) is 131 cm³/mol. The van der Waals surface area contributed by atoms with Gasteiger partial charge in [0.2, 0.25) is 5.95 Å². The molecule has 0 aromatic carbocycles. The summed E-state index contributed by atoms with van der Waals surface area (Å²) >= 11 is 0. The van der Waals surface area contributed by atoms with Gasteiger partial charge in [-0.15, -0.1) is 0 Å². The molecule has 0 spiro atoms. The molecule has 0 radical (unpaired) electrons. The fourth-order valence-corrected chi connectivity index (χ4v) is 3.88.